The van der Waals surface area contributed by atoms with Crippen LogP contribution in [0.5, 0.6) is 0 Å². The van der Waals surface area contributed by atoms with Gasteiger partial charge in [0.2, 0.25) is 0 Å². The fraction of sp³-hybridized carbons (Fsp3) is 0.231. The summed E-state index contributed by atoms with van der Waals surface area (Å²) >= 11 is 0. The van der Waals surface area contributed by atoms with Gasteiger partial charge in [-0.1, -0.05) is 30.3 Å². The molecular weight excluding hydrogens is 216 g/mol. The highest BCUT2D eigenvalue weighted by Crippen LogP contribution is 2.12. The summed E-state index contributed by atoms with van der Waals surface area (Å²) in [5, 5.41) is 3.53. The first-order chi connectivity index (χ1) is 8.24. The van der Waals surface area contributed by atoms with E-state index in [1.165, 1.54) is 0 Å². The van der Waals surface area contributed by atoms with Crippen LogP contribution in [0.3, 0.4) is 0 Å². The molecule has 1 aromatic rings. The standard InChI is InChI=1S/C13H16N2O2/c1-3-7-10-8-5-6-9-11(10)12(15-14)13(16)17-4-2/h3,5-6,8-9H,1,4,7,14H2,2H3/b15-12+. The third kappa shape index (κ3) is 3.17. The van der Waals surface area contributed by atoms with E-state index in [1.54, 1.807) is 19.1 Å². The molecule has 4 nitrogen and oxygen atoms in total. The first kappa shape index (κ1) is 13.0. The van der Waals surface area contributed by atoms with Crippen LogP contribution in [0, 0.1) is 0 Å². The van der Waals surface area contributed by atoms with Gasteiger partial charge in [0.15, 0.2) is 5.71 Å². The third-order valence-electron chi connectivity index (χ3n) is 2.23. The van der Waals surface area contributed by atoms with E-state index in [4.69, 9.17) is 10.6 Å². The summed E-state index contributed by atoms with van der Waals surface area (Å²) in [5.41, 5.74) is 1.78. The van der Waals surface area contributed by atoms with E-state index in [9.17, 15) is 4.79 Å². The average molecular weight is 232 g/mol. The summed E-state index contributed by atoms with van der Waals surface area (Å²) in [6, 6.07) is 7.41. The van der Waals surface area contributed by atoms with Crippen LogP contribution in [0.25, 0.3) is 0 Å². The van der Waals surface area contributed by atoms with Crippen LogP contribution in [-0.4, -0.2) is 18.3 Å². The zero-order chi connectivity index (χ0) is 12.7. The average Bonchev–Trinajstić information content (AvgIpc) is 2.33. The van der Waals surface area contributed by atoms with Crippen molar-refractivity contribution in [3.8, 4) is 0 Å². The Bertz CT molecular complexity index is 439. The fourth-order valence-electron chi connectivity index (χ4n) is 1.52. The Balaban J connectivity index is 3.12. The van der Waals surface area contributed by atoms with E-state index in [1.807, 2.05) is 18.2 Å². The minimum absolute atomic E-state index is 0.143. The number of hydrazone groups is 1. The second-order valence-electron chi connectivity index (χ2n) is 3.35. The summed E-state index contributed by atoms with van der Waals surface area (Å²) in [6.45, 7) is 5.71. The second-order valence-corrected chi connectivity index (χ2v) is 3.35. The number of hydrogen-bond acceptors (Lipinski definition) is 4. The predicted molar refractivity (Wildman–Crippen MR) is 67.7 cm³/mol. The summed E-state index contributed by atoms with van der Waals surface area (Å²) < 4.78 is 4.91. The molecule has 1 rings (SSSR count). The monoisotopic (exact) mass is 232 g/mol. The van der Waals surface area contributed by atoms with Gasteiger partial charge in [0.25, 0.3) is 0 Å². The van der Waals surface area contributed by atoms with E-state index >= 15 is 0 Å². The molecule has 0 radical (unpaired) electrons. The first-order valence-corrected chi connectivity index (χ1v) is 5.38. The number of nitrogens with zero attached hydrogens (tertiary/aromatic N) is 1. The molecule has 0 fully saturated rings. The molecule has 0 saturated heterocycles. The molecule has 1 aromatic carbocycles. The lowest BCUT2D eigenvalue weighted by Gasteiger charge is -2.09. The lowest BCUT2D eigenvalue weighted by atomic mass is 10.0. The Hall–Kier alpha value is -2.10. The molecule has 0 bridgehead atoms. The minimum Gasteiger partial charge on any atom is -0.461 e. The Morgan fingerprint density at radius 1 is 1.53 bits per heavy atom. The van der Waals surface area contributed by atoms with Gasteiger partial charge in [0, 0.05) is 5.56 Å². The number of ether oxygens (including phenoxy) is 1. The Morgan fingerprint density at radius 2 is 2.24 bits per heavy atom. The SMILES string of the molecule is C=CCc1ccccc1/C(=N\N)C(=O)OCC. The van der Waals surface area contributed by atoms with Gasteiger partial charge in [-0.05, 0) is 18.9 Å². The molecule has 4 heteroatoms. The van der Waals surface area contributed by atoms with E-state index in [-0.39, 0.29) is 5.71 Å². The normalized spacial score (nSPS) is 11.0. The van der Waals surface area contributed by atoms with Crippen LogP contribution in [0.2, 0.25) is 0 Å². The van der Waals surface area contributed by atoms with Gasteiger partial charge in [-0.3, -0.25) is 0 Å². The van der Waals surface area contributed by atoms with Crippen LogP contribution >= 0.6 is 0 Å². The van der Waals surface area contributed by atoms with Crippen molar-refractivity contribution in [2.24, 2.45) is 10.9 Å². The van der Waals surface area contributed by atoms with Gasteiger partial charge in [0.1, 0.15) is 0 Å². The van der Waals surface area contributed by atoms with Crippen LogP contribution in [0.4, 0.5) is 0 Å². The van der Waals surface area contributed by atoms with E-state index in [0.717, 1.165) is 5.56 Å². The third-order valence-corrected chi connectivity index (χ3v) is 2.23. The Kier molecular flexibility index (Phi) is 4.94. The van der Waals surface area contributed by atoms with E-state index in [2.05, 4.69) is 11.7 Å². The van der Waals surface area contributed by atoms with Gasteiger partial charge in [-0.25, -0.2) is 4.79 Å². The van der Waals surface area contributed by atoms with Crippen LogP contribution in [0.15, 0.2) is 42.0 Å². The summed E-state index contributed by atoms with van der Waals surface area (Å²) in [4.78, 5) is 11.7. The lowest BCUT2D eigenvalue weighted by Crippen LogP contribution is -2.21. The van der Waals surface area contributed by atoms with Crippen molar-refractivity contribution < 1.29 is 9.53 Å². The second kappa shape index (κ2) is 6.48. The van der Waals surface area contributed by atoms with Crippen molar-refractivity contribution in [2.75, 3.05) is 6.61 Å². The highest BCUT2D eigenvalue weighted by molar-refractivity contribution is 6.43. The molecule has 0 saturated carbocycles. The van der Waals surface area contributed by atoms with Crippen molar-refractivity contribution in [1.82, 2.24) is 0 Å². The van der Waals surface area contributed by atoms with Gasteiger partial charge < -0.3 is 10.6 Å². The maximum Gasteiger partial charge on any atom is 0.359 e. The molecule has 0 unspecified atom stereocenters. The number of allylic oxidation sites excluding steroid dienone is 1. The summed E-state index contributed by atoms with van der Waals surface area (Å²) in [5.74, 6) is 4.75. The van der Waals surface area contributed by atoms with Crippen LogP contribution in [-0.2, 0) is 16.0 Å². The number of carbonyl (C=O) groups is 1. The summed E-state index contributed by atoms with van der Waals surface area (Å²) in [7, 11) is 0. The largest absolute Gasteiger partial charge is 0.461 e. The maximum atomic E-state index is 11.7. The lowest BCUT2D eigenvalue weighted by molar-refractivity contribution is -0.134. The van der Waals surface area contributed by atoms with E-state index < -0.39 is 5.97 Å². The number of rotatable bonds is 5. The molecule has 0 aliphatic carbocycles. The zero-order valence-electron chi connectivity index (χ0n) is 9.85. The number of hydrogen-bond donors (Lipinski definition) is 1. The highest BCUT2D eigenvalue weighted by atomic mass is 16.5. The fourth-order valence-corrected chi connectivity index (χ4v) is 1.52. The molecule has 0 atom stereocenters. The highest BCUT2D eigenvalue weighted by Gasteiger charge is 2.17. The van der Waals surface area contributed by atoms with Crippen molar-refractivity contribution >= 4 is 11.7 Å². The molecule has 0 amide bonds. The molecule has 0 aliphatic heterocycles. The topological polar surface area (TPSA) is 64.7 Å². The van der Waals surface area contributed by atoms with Crippen LogP contribution < -0.4 is 5.84 Å². The smallest absolute Gasteiger partial charge is 0.359 e. The Morgan fingerprint density at radius 3 is 2.82 bits per heavy atom. The van der Waals surface area contributed by atoms with Gasteiger partial charge in [0.05, 0.1) is 6.61 Å². The number of carbonyl (C=O) groups excluding carboxylic acids is 1. The molecule has 90 valence electrons. The van der Waals surface area contributed by atoms with Crippen molar-refractivity contribution in [3.05, 3.63) is 48.0 Å². The first-order valence-electron chi connectivity index (χ1n) is 5.38. The van der Waals surface area contributed by atoms with Crippen molar-refractivity contribution in [1.29, 1.82) is 0 Å². The molecule has 0 aliphatic rings. The molecule has 2 N–H and O–H groups in total. The zero-order valence-corrected chi connectivity index (χ0v) is 9.85. The molecule has 0 heterocycles. The van der Waals surface area contributed by atoms with Crippen molar-refractivity contribution in [2.45, 2.75) is 13.3 Å². The van der Waals surface area contributed by atoms with Crippen molar-refractivity contribution in [3.63, 3.8) is 0 Å². The Labute approximate surface area is 101 Å². The van der Waals surface area contributed by atoms with Gasteiger partial charge in [-0.15, -0.1) is 6.58 Å². The molecular formula is C13H16N2O2. The van der Waals surface area contributed by atoms with Gasteiger partial charge in [-0.2, -0.15) is 5.10 Å². The molecule has 0 spiro atoms. The molecule has 17 heavy (non-hydrogen) atoms. The predicted octanol–water partition coefficient (Wildman–Crippen LogP) is 1.64. The maximum absolute atomic E-state index is 11.7. The minimum atomic E-state index is -0.508. The van der Waals surface area contributed by atoms with Gasteiger partial charge >= 0.3 is 5.97 Å². The van der Waals surface area contributed by atoms with E-state index in [0.29, 0.717) is 18.6 Å². The molecule has 0 aromatic heterocycles. The quantitative estimate of drug-likeness (QED) is 0.276. The number of benzene rings is 1. The van der Waals surface area contributed by atoms with Crippen LogP contribution in [0.1, 0.15) is 18.1 Å². The number of esters is 1. The number of nitrogens with two attached hydrogens (primary N) is 1. The summed E-state index contributed by atoms with van der Waals surface area (Å²) in [6.07, 6.45) is 2.41.